The zero-order valence-electron chi connectivity index (χ0n) is 13.2. The van der Waals surface area contributed by atoms with Crippen molar-refractivity contribution < 1.29 is 5.11 Å². The number of nitrogens with one attached hydrogen (secondary N) is 2. The first kappa shape index (κ1) is 16.0. The molecule has 1 saturated carbocycles. The van der Waals surface area contributed by atoms with Crippen molar-refractivity contribution >= 4 is 11.6 Å². The maximum absolute atomic E-state index is 9.55. The predicted molar refractivity (Wildman–Crippen MR) is 86.6 cm³/mol. The Morgan fingerprint density at radius 1 is 1.10 bits per heavy atom. The summed E-state index contributed by atoms with van der Waals surface area (Å²) in [6.45, 7) is 6.08. The summed E-state index contributed by atoms with van der Waals surface area (Å²) in [5, 5.41) is 16.3. The van der Waals surface area contributed by atoms with E-state index in [0.29, 0.717) is 5.92 Å². The molecular formula is C16H28N4O. The fourth-order valence-electron chi connectivity index (χ4n) is 2.69. The topological polar surface area (TPSA) is 70.1 Å². The molecule has 5 heteroatoms. The highest BCUT2D eigenvalue weighted by Gasteiger charge is 2.19. The highest BCUT2D eigenvalue weighted by Crippen LogP contribution is 2.24. The van der Waals surface area contributed by atoms with E-state index in [1.54, 1.807) is 0 Å². The molecule has 1 aromatic heterocycles. The van der Waals surface area contributed by atoms with Gasteiger partial charge in [0.15, 0.2) is 0 Å². The van der Waals surface area contributed by atoms with Crippen LogP contribution in [-0.4, -0.2) is 34.3 Å². The second kappa shape index (κ2) is 8.17. The molecule has 0 spiro atoms. The molecule has 2 rings (SSSR count). The largest absolute Gasteiger partial charge is 0.393 e. The maximum Gasteiger partial charge on any atom is 0.132 e. The van der Waals surface area contributed by atoms with E-state index in [1.165, 1.54) is 0 Å². The first-order chi connectivity index (χ1) is 10.2. The Hall–Kier alpha value is -1.36. The summed E-state index contributed by atoms with van der Waals surface area (Å²) in [6.07, 6.45) is 5.89. The van der Waals surface area contributed by atoms with E-state index >= 15 is 0 Å². The fourth-order valence-corrected chi connectivity index (χ4v) is 2.69. The summed E-state index contributed by atoms with van der Waals surface area (Å²) in [6, 6.07) is 1.99. The van der Waals surface area contributed by atoms with E-state index in [1.807, 2.05) is 6.07 Å². The molecule has 5 nitrogen and oxygen atoms in total. The third kappa shape index (κ3) is 5.16. The van der Waals surface area contributed by atoms with Gasteiger partial charge in [0.1, 0.15) is 17.5 Å². The smallest absolute Gasteiger partial charge is 0.132 e. The van der Waals surface area contributed by atoms with Crippen LogP contribution in [0, 0.1) is 5.92 Å². The van der Waals surface area contributed by atoms with Gasteiger partial charge in [-0.25, -0.2) is 9.97 Å². The fraction of sp³-hybridized carbons (Fsp3) is 0.750. The van der Waals surface area contributed by atoms with Crippen LogP contribution in [0.25, 0.3) is 0 Å². The molecule has 21 heavy (non-hydrogen) atoms. The van der Waals surface area contributed by atoms with Crippen molar-refractivity contribution in [3.63, 3.8) is 0 Å². The standard InChI is InChI=1S/C16H28N4O/c1-3-9-17-15-10-16(20-14(4-2)19-15)18-11-12-5-7-13(21)8-6-12/h10,12-13,21H,3-9,11H2,1-2H3,(H2,17,18,19,20). The van der Waals surface area contributed by atoms with Crippen molar-refractivity contribution in [1.82, 2.24) is 9.97 Å². The lowest BCUT2D eigenvalue weighted by Gasteiger charge is -2.25. The zero-order valence-corrected chi connectivity index (χ0v) is 13.2. The molecule has 0 radical (unpaired) electrons. The van der Waals surface area contributed by atoms with Gasteiger partial charge in [-0.1, -0.05) is 13.8 Å². The van der Waals surface area contributed by atoms with Gasteiger partial charge in [0.2, 0.25) is 0 Å². The van der Waals surface area contributed by atoms with Crippen LogP contribution in [0.4, 0.5) is 11.6 Å². The second-order valence-electron chi connectivity index (χ2n) is 5.89. The molecule has 0 amide bonds. The van der Waals surface area contributed by atoms with Crippen LogP contribution in [-0.2, 0) is 6.42 Å². The highest BCUT2D eigenvalue weighted by atomic mass is 16.3. The van der Waals surface area contributed by atoms with Gasteiger partial charge < -0.3 is 15.7 Å². The number of hydrogen-bond acceptors (Lipinski definition) is 5. The molecule has 3 N–H and O–H groups in total. The van der Waals surface area contributed by atoms with E-state index in [-0.39, 0.29) is 6.10 Å². The molecule has 1 aliphatic carbocycles. The summed E-state index contributed by atoms with van der Waals surface area (Å²) in [7, 11) is 0. The lowest BCUT2D eigenvalue weighted by atomic mass is 9.87. The van der Waals surface area contributed by atoms with Gasteiger partial charge in [0, 0.05) is 25.6 Å². The number of hydrogen-bond donors (Lipinski definition) is 3. The van der Waals surface area contributed by atoms with Gasteiger partial charge in [-0.15, -0.1) is 0 Å². The van der Waals surface area contributed by atoms with Gasteiger partial charge in [-0.3, -0.25) is 0 Å². The van der Waals surface area contributed by atoms with E-state index in [9.17, 15) is 5.11 Å². The van der Waals surface area contributed by atoms with Crippen molar-refractivity contribution in [3.8, 4) is 0 Å². The van der Waals surface area contributed by atoms with Crippen molar-refractivity contribution in [2.24, 2.45) is 5.92 Å². The maximum atomic E-state index is 9.55. The first-order valence-corrected chi connectivity index (χ1v) is 8.25. The van der Waals surface area contributed by atoms with Crippen LogP contribution < -0.4 is 10.6 Å². The van der Waals surface area contributed by atoms with Crippen LogP contribution in [0.5, 0.6) is 0 Å². The number of aromatic nitrogens is 2. The SMILES string of the molecule is CCCNc1cc(NCC2CCC(O)CC2)nc(CC)n1. The average molecular weight is 292 g/mol. The summed E-state index contributed by atoms with van der Waals surface area (Å²) in [5.74, 6) is 3.33. The molecule has 0 saturated heterocycles. The summed E-state index contributed by atoms with van der Waals surface area (Å²) in [5.41, 5.74) is 0. The lowest BCUT2D eigenvalue weighted by Crippen LogP contribution is -2.24. The van der Waals surface area contributed by atoms with Crippen molar-refractivity contribution in [2.75, 3.05) is 23.7 Å². The van der Waals surface area contributed by atoms with Crippen LogP contribution in [0.3, 0.4) is 0 Å². The Morgan fingerprint density at radius 2 is 1.76 bits per heavy atom. The van der Waals surface area contributed by atoms with Crippen LogP contribution in [0.15, 0.2) is 6.07 Å². The van der Waals surface area contributed by atoms with Gasteiger partial charge in [-0.2, -0.15) is 0 Å². The van der Waals surface area contributed by atoms with Gasteiger partial charge in [0.05, 0.1) is 6.10 Å². The summed E-state index contributed by atoms with van der Waals surface area (Å²) in [4.78, 5) is 9.05. The van der Waals surface area contributed by atoms with Gasteiger partial charge in [0.25, 0.3) is 0 Å². The van der Waals surface area contributed by atoms with E-state index in [2.05, 4.69) is 34.4 Å². The van der Waals surface area contributed by atoms with Crippen LogP contribution in [0.1, 0.15) is 51.8 Å². The highest BCUT2D eigenvalue weighted by molar-refractivity contribution is 5.47. The molecule has 1 fully saturated rings. The number of aliphatic hydroxyl groups excluding tert-OH is 1. The lowest BCUT2D eigenvalue weighted by molar-refractivity contribution is 0.111. The Bertz CT molecular complexity index is 430. The molecule has 0 bridgehead atoms. The molecule has 0 atom stereocenters. The third-order valence-corrected chi connectivity index (χ3v) is 4.03. The molecular weight excluding hydrogens is 264 g/mol. The van der Waals surface area contributed by atoms with Gasteiger partial charge >= 0.3 is 0 Å². The summed E-state index contributed by atoms with van der Waals surface area (Å²) < 4.78 is 0. The number of nitrogens with zero attached hydrogens (tertiary/aromatic N) is 2. The van der Waals surface area contributed by atoms with E-state index in [4.69, 9.17) is 0 Å². The Kier molecular flexibility index (Phi) is 6.23. The van der Waals surface area contributed by atoms with Crippen molar-refractivity contribution in [2.45, 2.75) is 58.5 Å². The molecule has 0 unspecified atom stereocenters. The Labute approximate surface area is 127 Å². The number of aliphatic hydroxyl groups is 1. The molecule has 0 aromatic carbocycles. The number of aryl methyl sites for hydroxylation is 1. The minimum Gasteiger partial charge on any atom is -0.393 e. The molecule has 118 valence electrons. The molecule has 0 aliphatic heterocycles. The monoisotopic (exact) mass is 292 g/mol. The minimum absolute atomic E-state index is 0.0863. The van der Waals surface area contributed by atoms with Gasteiger partial charge in [-0.05, 0) is 38.0 Å². The first-order valence-electron chi connectivity index (χ1n) is 8.25. The average Bonchev–Trinajstić information content (AvgIpc) is 2.52. The molecule has 1 heterocycles. The van der Waals surface area contributed by atoms with E-state index in [0.717, 1.165) is 69.1 Å². The third-order valence-electron chi connectivity index (χ3n) is 4.03. The van der Waals surface area contributed by atoms with Crippen molar-refractivity contribution in [3.05, 3.63) is 11.9 Å². The number of rotatable bonds is 7. The predicted octanol–water partition coefficient (Wildman–Crippen LogP) is 2.82. The van der Waals surface area contributed by atoms with E-state index < -0.39 is 0 Å². The van der Waals surface area contributed by atoms with Crippen LogP contribution >= 0.6 is 0 Å². The molecule has 1 aliphatic rings. The summed E-state index contributed by atoms with van der Waals surface area (Å²) >= 11 is 0. The minimum atomic E-state index is -0.0863. The Morgan fingerprint density at radius 3 is 2.38 bits per heavy atom. The van der Waals surface area contributed by atoms with Crippen molar-refractivity contribution in [1.29, 1.82) is 0 Å². The quantitative estimate of drug-likeness (QED) is 0.721. The normalized spacial score (nSPS) is 22.0. The number of anilines is 2. The van der Waals surface area contributed by atoms with Crippen LogP contribution in [0.2, 0.25) is 0 Å². The zero-order chi connectivity index (χ0) is 15.1. The molecule has 1 aromatic rings. The second-order valence-corrected chi connectivity index (χ2v) is 5.89. The Balaban J connectivity index is 1.91.